The van der Waals surface area contributed by atoms with Gasteiger partial charge in [0.1, 0.15) is 10.9 Å². The van der Waals surface area contributed by atoms with Gasteiger partial charge in [0.05, 0.1) is 0 Å². The average Bonchev–Trinajstić information content (AvgIpc) is 2.60. The zero-order valence-corrected chi connectivity index (χ0v) is 13.2. The van der Waals surface area contributed by atoms with Crippen LogP contribution in [0.3, 0.4) is 0 Å². The molecule has 1 aromatic heterocycles. The lowest BCUT2D eigenvalue weighted by Gasteiger charge is -2.25. The van der Waals surface area contributed by atoms with Crippen LogP contribution < -0.4 is 5.32 Å². The van der Waals surface area contributed by atoms with E-state index in [9.17, 15) is 14.7 Å². The van der Waals surface area contributed by atoms with Crippen molar-refractivity contribution in [3.63, 3.8) is 0 Å². The van der Waals surface area contributed by atoms with Gasteiger partial charge in [-0.25, -0.2) is 0 Å². The standard InChI is InChI=1S/C13H21N3O3S/c1-7(2)6-8-15-16-12(20-8)14-10(17)9(11(18)19)13(3,4)5/h7,9H,6H2,1-5H3,(H,18,19)(H,14,16,17). The van der Waals surface area contributed by atoms with Crippen LogP contribution in [0.1, 0.15) is 39.6 Å². The molecule has 20 heavy (non-hydrogen) atoms. The fourth-order valence-corrected chi connectivity index (χ4v) is 2.74. The summed E-state index contributed by atoms with van der Waals surface area (Å²) < 4.78 is 0. The van der Waals surface area contributed by atoms with E-state index in [2.05, 4.69) is 29.4 Å². The molecule has 1 atom stereocenters. The maximum Gasteiger partial charge on any atom is 0.316 e. The van der Waals surface area contributed by atoms with Crippen LogP contribution in [0.15, 0.2) is 0 Å². The van der Waals surface area contributed by atoms with Gasteiger partial charge in [-0.15, -0.1) is 10.2 Å². The van der Waals surface area contributed by atoms with Crippen LogP contribution in [-0.2, 0) is 16.0 Å². The number of carbonyl (C=O) groups excluding carboxylic acids is 1. The van der Waals surface area contributed by atoms with Gasteiger partial charge in [-0.2, -0.15) is 0 Å². The first kappa shape index (κ1) is 16.6. The summed E-state index contributed by atoms with van der Waals surface area (Å²) in [6, 6.07) is 0. The van der Waals surface area contributed by atoms with Crippen molar-refractivity contribution >= 4 is 28.3 Å². The van der Waals surface area contributed by atoms with Crippen LogP contribution in [-0.4, -0.2) is 27.2 Å². The fraction of sp³-hybridized carbons (Fsp3) is 0.692. The number of nitrogens with one attached hydrogen (secondary N) is 1. The summed E-state index contributed by atoms with van der Waals surface area (Å²) in [5.41, 5.74) is -0.665. The minimum absolute atomic E-state index is 0.348. The van der Waals surface area contributed by atoms with Crippen LogP contribution in [0.2, 0.25) is 0 Å². The Morgan fingerprint density at radius 3 is 2.35 bits per heavy atom. The minimum Gasteiger partial charge on any atom is -0.481 e. The third kappa shape index (κ3) is 4.56. The first-order valence-electron chi connectivity index (χ1n) is 6.47. The molecule has 1 amide bonds. The van der Waals surface area contributed by atoms with Crippen LogP contribution in [0.4, 0.5) is 5.13 Å². The third-order valence-corrected chi connectivity index (χ3v) is 3.52. The van der Waals surface area contributed by atoms with E-state index in [0.717, 1.165) is 11.4 Å². The second-order valence-electron chi connectivity index (χ2n) is 6.23. The smallest absolute Gasteiger partial charge is 0.316 e. The number of carboxylic acid groups (broad SMARTS) is 1. The fourth-order valence-electron chi connectivity index (χ4n) is 1.79. The lowest BCUT2D eigenvalue weighted by Crippen LogP contribution is -2.39. The van der Waals surface area contributed by atoms with E-state index in [1.165, 1.54) is 11.3 Å². The minimum atomic E-state index is -1.14. The maximum atomic E-state index is 12.1. The van der Waals surface area contributed by atoms with Gasteiger partial charge in [0.25, 0.3) is 0 Å². The van der Waals surface area contributed by atoms with E-state index in [4.69, 9.17) is 0 Å². The highest BCUT2D eigenvalue weighted by Crippen LogP contribution is 2.28. The summed E-state index contributed by atoms with van der Waals surface area (Å²) >= 11 is 1.28. The molecule has 1 rings (SSSR count). The highest BCUT2D eigenvalue weighted by Gasteiger charge is 2.38. The number of hydrogen-bond donors (Lipinski definition) is 2. The molecule has 0 aliphatic rings. The quantitative estimate of drug-likeness (QED) is 0.815. The van der Waals surface area contributed by atoms with Crippen molar-refractivity contribution in [2.75, 3.05) is 5.32 Å². The molecular formula is C13H21N3O3S. The lowest BCUT2D eigenvalue weighted by molar-refractivity contribution is -0.149. The second-order valence-corrected chi connectivity index (χ2v) is 7.29. The van der Waals surface area contributed by atoms with Gasteiger partial charge in [0.2, 0.25) is 11.0 Å². The summed E-state index contributed by atoms with van der Waals surface area (Å²) in [6.07, 6.45) is 0.787. The molecule has 0 saturated heterocycles. The van der Waals surface area contributed by atoms with Crippen molar-refractivity contribution in [2.24, 2.45) is 17.3 Å². The van der Waals surface area contributed by atoms with Crippen molar-refractivity contribution in [2.45, 2.75) is 41.0 Å². The van der Waals surface area contributed by atoms with Crippen LogP contribution >= 0.6 is 11.3 Å². The molecule has 1 aromatic rings. The van der Waals surface area contributed by atoms with Gasteiger partial charge in [-0.05, 0) is 11.3 Å². The Bertz CT molecular complexity index is 491. The van der Waals surface area contributed by atoms with Gasteiger partial charge in [0, 0.05) is 6.42 Å². The zero-order valence-electron chi connectivity index (χ0n) is 12.4. The number of anilines is 1. The number of rotatable bonds is 5. The Hall–Kier alpha value is -1.50. The van der Waals surface area contributed by atoms with E-state index in [-0.39, 0.29) is 0 Å². The number of nitrogens with zero attached hydrogens (tertiary/aromatic N) is 2. The molecule has 0 spiro atoms. The number of carbonyl (C=O) groups is 2. The molecule has 1 heterocycles. The number of aliphatic carboxylic acids is 1. The van der Waals surface area contributed by atoms with Gasteiger partial charge in [-0.3, -0.25) is 14.9 Å². The van der Waals surface area contributed by atoms with Gasteiger partial charge < -0.3 is 5.11 Å². The van der Waals surface area contributed by atoms with Crippen molar-refractivity contribution in [1.29, 1.82) is 0 Å². The predicted octanol–water partition coefficient (Wildman–Crippen LogP) is 2.42. The Morgan fingerprint density at radius 2 is 1.90 bits per heavy atom. The lowest BCUT2D eigenvalue weighted by atomic mass is 9.80. The van der Waals surface area contributed by atoms with Crippen LogP contribution in [0.5, 0.6) is 0 Å². The molecule has 0 aliphatic heterocycles. The SMILES string of the molecule is CC(C)Cc1nnc(NC(=O)C(C(=O)O)C(C)(C)C)s1. The van der Waals surface area contributed by atoms with Crippen LogP contribution in [0, 0.1) is 17.3 Å². The molecular weight excluding hydrogens is 278 g/mol. The van der Waals surface area contributed by atoms with E-state index in [1.54, 1.807) is 20.8 Å². The van der Waals surface area contributed by atoms with Crippen molar-refractivity contribution in [1.82, 2.24) is 10.2 Å². The summed E-state index contributed by atoms with van der Waals surface area (Å²) in [5, 5.41) is 20.8. The van der Waals surface area contributed by atoms with Gasteiger partial charge in [0.15, 0.2) is 0 Å². The second kappa shape index (κ2) is 6.30. The summed E-state index contributed by atoms with van der Waals surface area (Å²) in [5.74, 6) is -2.37. The van der Waals surface area contributed by atoms with Gasteiger partial charge >= 0.3 is 5.97 Å². The molecule has 2 N–H and O–H groups in total. The molecule has 0 saturated carbocycles. The van der Waals surface area contributed by atoms with E-state index < -0.39 is 23.2 Å². The van der Waals surface area contributed by atoms with Crippen molar-refractivity contribution in [3.8, 4) is 0 Å². The van der Waals surface area contributed by atoms with E-state index in [1.807, 2.05) is 0 Å². The zero-order chi connectivity index (χ0) is 15.5. The van der Waals surface area contributed by atoms with Crippen LogP contribution in [0.25, 0.3) is 0 Å². The monoisotopic (exact) mass is 299 g/mol. The first-order chi connectivity index (χ1) is 9.11. The number of hydrogen-bond acceptors (Lipinski definition) is 5. The molecule has 0 aromatic carbocycles. The Balaban J connectivity index is 2.79. The Labute approximate surface area is 122 Å². The topological polar surface area (TPSA) is 92.2 Å². The summed E-state index contributed by atoms with van der Waals surface area (Å²) in [4.78, 5) is 23.3. The molecule has 112 valence electrons. The molecule has 0 radical (unpaired) electrons. The average molecular weight is 299 g/mol. The first-order valence-corrected chi connectivity index (χ1v) is 7.29. The highest BCUT2D eigenvalue weighted by molar-refractivity contribution is 7.15. The van der Waals surface area contributed by atoms with E-state index >= 15 is 0 Å². The summed E-state index contributed by atoms with van der Waals surface area (Å²) in [7, 11) is 0. The largest absolute Gasteiger partial charge is 0.481 e. The number of amides is 1. The molecule has 6 nitrogen and oxygen atoms in total. The van der Waals surface area contributed by atoms with Crippen molar-refractivity contribution < 1.29 is 14.7 Å². The molecule has 0 aliphatic carbocycles. The molecule has 0 fully saturated rings. The summed E-state index contributed by atoms with van der Waals surface area (Å²) in [6.45, 7) is 9.29. The Morgan fingerprint density at radius 1 is 1.30 bits per heavy atom. The Kier molecular flexibility index (Phi) is 5.21. The predicted molar refractivity (Wildman–Crippen MR) is 77.7 cm³/mol. The number of aromatic nitrogens is 2. The van der Waals surface area contributed by atoms with Gasteiger partial charge in [-0.1, -0.05) is 46.0 Å². The third-order valence-electron chi connectivity index (χ3n) is 2.66. The number of carboxylic acids is 1. The normalized spacial score (nSPS) is 13.3. The maximum absolute atomic E-state index is 12.1. The molecule has 1 unspecified atom stereocenters. The highest BCUT2D eigenvalue weighted by atomic mass is 32.1. The molecule has 0 bridgehead atoms. The van der Waals surface area contributed by atoms with E-state index in [0.29, 0.717) is 11.0 Å². The molecule has 7 heteroatoms. The van der Waals surface area contributed by atoms with Crippen molar-refractivity contribution in [3.05, 3.63) is 5.01 Å².